The minimum Gasteiger partial charge on any atom is -0.338 e. The van der Waals surface area contributed by atoms with Gasteiger partial charge in [-0.05, 0) is 107 Å². The fourth-order valence-electron chi connectivity index (χ4n) is 12.7. The molecule has 3 fully saturated rings. The lowest BCUT2D eigenvalue weighted by atomic mass is 10.1. The summed E-state index contributed by atoms with van der Waals surface area (Å²) < 4.78 is 23.1. The van der Waals surface area contributed by atoms with Crippen LogP contribution in [0.5, 0.6) is 0 Å². The first-order chi connectivity index (χ1) is 44.1. The number of pyridine rings is 3. The Balaban J connectivity index is 0.000000153. The number of imide groups is 3. The average molecular weight is 1440 g/mol. The van der Waals surface area contributed by atoms with Gasteiger partial charge in [-0.15, -0.1) is 37.2 Å². The highest BCUT2D eigenvalue weighted by Gasteiger charge is 2.40. The predicted octanol–water partition coefficient (Wildman–Crippen LogP) is 7.47. The molecule has 26 nitrogen and oxygen atoms in total. The molecule has 3 aromatic carbocycles. The SMILES string of the molecule is C[C@@H]1CCCN1CCN1C(=O)c2cc3nc(-c4c(Cl)cc[nH]c4=O)[nH]c3cc2C1=O.C[C@H]1CCCN1CCN1C(=O)c2cc3nc(-c4c(Cl)cc[nH]c4=O)[nH]c3cc2C1=O.Cl.Cl.Cl.O=C1c2cc3nc(-c4c(Cl)cc[nH]c4=O)[nH]c3cc2C(=O)N1CCN1CCS(=O)(=O)CC1. The van der Waals surface area contributed by atoms with Crippen LogP contribution in [0, 0.1) is 0 Å². The van der Waals surface area contributed by atoms with E-state index in [4.69, 9.17) is 34.8 Å². The van der Waals surface area contributed by atoms with Crippen molar-refractivity contribution < 1.29 is 37.2 Å². The molecule has 0 radical (unpaired) electrons. The first-order valence-electron chi connectivity index (χ1n) is 29.8. The number of benzene rings is 3. The highest BCUT2D eigenvalue weighted by atomic mass is 35.5. The number of sulfone groups is 1. The Hall–Kier alpha value is -8.09. The number of nitrogens with one attached hydrogen (secondary N) is 6. The molecule has 6 aromatic heterocycles. The first-order valence-corrected chi connectivity index (χ1v) is 32.8. The zero-order valence-electron chi connectivity index (χ0n) is 50.7. The van der Waals surface area contributed by atoms with Gasteiger partial charge in [0.25, 0.3) is 52.1 Å². The lowest BCUT2D eigenvalue weighted by molar-refractivity contribution is 0.0619. The second kappa shape index (κ2) is 27.9. The number of H-pyrrole nitrogens is 6. The van der Waals surface area contributed by atoms with Crippen molar-refractivity contribution in [3.8, 4) is 34.2 Å². The van der Waals surface area contributed by atoms with Gasteiger partial charge in [0, 0.05) is 83.0 Å². The number of rotatable bonds is 12. The van der Waals surface area contributed by atoms with E-state index in [1.807, 2.05) is 4.90 Å². The van der Waals surface area contributed by atoms with Gasteiger partial charge < -0.3 is 29.9 Å². The summed E-state index contributed by atoms with van der Waals surface area (Å²) in [5, 5.41) is 0.754. The molecular formula is C62H61Cl6N15O11S. The summed E-state index contributed by atoms with van der Waals surface area (Å²) in [4.78, 5) is 154. The Bertz CT molecular complexity index is 4550. The van der Waals surface area contributed by atoms with Crippen molar-refractivity contribution in [3.63, 3.8) is 0 Å². The average Bonchev–Trinajstić information content (AvgIpc) is 1.62. The number of carbonyl (C=O) groups excluding carboxylic acids is 6. The summed E-state index contributed by atoms with van der Waals surface area (Å²) in [6, 6.07) is 15.2. The van der Waals surface area contributed by atoms with Crippen LogP contribution >= 0.6 is 72.0 Å². The molecule has 6 amide bonds. The normalized spacial score (nSPS) is 18.4. The van der Waals surface area contributed by atoms with Crippen LogP contribution in [0.15, 0.2) is 87.6 Å². The number of hydrogen-bond donors (Lipinski definition) is 6. The smallest absolute Gasteiger partial charge is 0.261 e. The van der Waals surface area contributed by atoms with Gasteiger partial charge in [-0.3, -0.25) is 72.6 Å². The van der Waals surface area contributed by atoms with Crippen LogP contribution in [0.2, 0.25) is 15.1 Å². The van der Waals surface area contributed by atoms with E-state index in [9.17, 15) is 51.6 Å². The largest absolute Gasteiger partial charge is 0.338 e. The maximum Gasteiger partial charge on any atom is 0.261 e. The predicted molar refractivity (Wildman–Crippen MR) is 365 cm³/mol. The number of aromatic amines is 6. The molecule has 0 aliphatic carbocycles. The highest BCUT2D eigenvalue weighted by molar-refractivity contribution is 7.91. The number of hydrogen-bond acceptors (Lipinski definition) is 17. The summed E-state index contributed by atoms with van der Waals surface area (Å²) in [7, 11) is -2.99. The summed E-state index contributed by atoms with van der Waals surface area (Å²) in [5.74, 6) is -1.03. The lowest BCUT2D eigenvalue weighted by Gasteiger charge is -2.27. The van der Waals surface area contributed by atoms with Gasteiger partial charge in [0.05, 0.1) is 93.1 Å². The molecule has 0 bridgehead atoms. The number of imidazole rings is 3. The van der Waals surface area contributed by atoms with E-state index in [-0.39, 0.29) is 139 Å². The third kappa shape index (κ3) is 13.3. The van der Waals surface area contributed by atoms with Crippen molar-refractivity contribution in [3.05, 3.63) is 153 Å². The van der Waals surface area contributed by atoms with Gasteiger partial charge in [0.1, 0.15) is 34.2 Å². The number of carbonyl (C=O) groups is 6. The summed E-state index contributed by atoms with van der Waals surface area (Å²) in [6.45, 7) is 9.83. The molecule has 0 saturated carbocycles. The van der Waals surface area contributed by atoms with E-state index < -0.39 is 27.2 Å². The second-order valence-corrected chi connectivity index (χ2v) is 26.9. The zero-order valence-corrected chi connectivity index (χ0v) is 56.2. The van der Waals surface area contributed by atoms with Crippen LogP contribution in [0.4, 0.5) is 0 Å². The van der Waals surface area contributed by atoms with E-state index in [1.54, 1.807) is 42.5 Å². The maximum absolute atomic E-state index is 12.9. The molecule has 15 rings (SSSR count). The Kier molecular flexibility index (Phi) is 20.5. The maximum atomic E-state index is 12.9. The Morgan fingerprint density at radius 1 is 0.432 bits per heavy atom. The van der Waals surface area contributed by atoms with E-state index >= 15 is 0 Å². The van der Waals surface area contributed by atoms with E-state index in [0.717, 1.165) is 38.8 Å². The van der Waals surface area contributed by atoms with E-state index in [2.05, 4.69) is 68.5 Å². The van der Waals surface area contributed by atoms with Crippen LogP contribution in [-0.4, -0.2) is 207 Å². The van der Waals surface area contributed by atoms with Gasteiger partial charge in [0.2, 0.25) is 0 Å². The van der Waals surface area contributed by atoms with Gasteiger partial charge in [0.15, 0.2) is 9.84 Å². The summed E-state index contributed by atoms with van der Waals surface area (Å²) in [6.07, 6.45) is 8.94. The topological polar surface area (TPSA) is 341 Å². The molecule has 12 heterocycles. The van der Waals surface area contributed by atoms with Crippen molar-refractivity contribution in [1.82, 2.24) is 74.3 Å². The van der Waals surface area contributed by atoms with Crippen molar-refractivity contribution in [1.29, 1.82) is 0 Å². The number of fused-ring (bicyclic) bond motifs is 6. The molecule has 2 atom stereocenters. The molecule has 95 heavy (non-hydrogen) atoms. The molecule has 0 spiro atoms. The molecule has 9 aromatic rings. The van der Waals surface area contributed by atoms with Crippen LogP contribution in [0.25, 0.3) is 67.3 Å². The van der Waals surface area contributed by atoms with Crippen molar-refractivity contribution >= 4 is 150 Å². The molecule has 33 heteroatoms. The fraction of sp³-hybridized carbons (Fsp3) is 0.323. The molecule has 6 aliphatic heterocycles. The van der Waals surface area contributed by atoms with Gasteiger partial charge in [-0.2, -0.15) is 0 Å². The van der Waals surface area contributed by atoms with Crippen molar-refractivity contribution in [2.24, 2.45) is 0 Å². The Morgan fingerprint density at radius 3 is 1.01 bits per heavy atom. The first kappa shape index (κ1) is 69.7. The fourth-order valence-corrected chi connectivity index (χ4v) is 14.7. The minimum absolute atomic E-state index is 0. The molecule has 3 saturated heterocycles. The number of halogens is 6. The second-order valence-electron chi connectivity index (χ2n) is 23.4. The van der Waals surface area contributed by atoms with Crippen LogP contribution in [-0.2, 0) is 9.84 Å². The minimum atomic E-state index is -2.99. The molecule has 0 unspecified atom stereocenters. The van der Waals surface area contributed by atoms with Crippen LogP contribution in [0.3, 0.4) is 0 Å². The van der Waals surface area contributed by atoms with Crippen molar-refractivity contribution in [2.75, 3.05) is 77.0 Å². The molecular weight excluding hydrogens is 1380 g/mol. The number of nitrogens with zero attached hydrogens (tertiary/aromatic N) is 9. The van der Waals surface area contributed by atoms with Crippen molar-refractivity contribution in [2.45, 2.75) is 51.6 Å². The van der Waals surface area contributed by atoms with Gasteiger partial charge in [-0.25, -0.2) is 23.4 Å². The third-order valence-electron chi connectivity index (χ3n) is 17.8. The molecule has 6 N–H and O–H groups in total. The quantitative estimate of drug-likeness (QED) is 0.0646. The Morgan fingerprint density at radius 2 is 0.726 bits per heavy atom. The number of amides is 6. The lowest BCUT2D eigenvalue weighted by Crippen LogP contribution is -2.45. The van der Waals surface area contributed by atoms with Crippen LogP contribution in [0.1, 0.15) is 102 Å². The van der Waals surface area contributed by atoms with E-state index in [0.29, 0.717) is 125 Å². The zero-order chi connectivity index (χ0) is 64.6. The number of aromatic nitrogens is 9. The number of likely N-dealkylation sites (tertiary alicyclic amines) is 2. The summed E-state index contributed by atoms with van der Waals surface area (Å²) in [5.41, 5.74) is 4.41. The van der Waals surface area contributed by atoms with E-state index in [1.165, 1.54) is 45.4 Å². The Labute approximate surface area is 573 Å². The summed E-state index contributed by atoms with van der Waals surface area (Å²) >= 11 is 18.5. The monoisotopic (exact) mass is 1430 g/mol. The standard InChI is InChI=1S/2C21H20ClN5O3.C20H18ClN5O5S.3ClH/c2*1-11-3-2-6-26(11)7-8-27-20(29)12-9-15-16(10-13(12)21(27)30)25-18(24-15)17-14(22)4-5-23-19(17)28;21-13-1-2-22-18(27)16(13)17-23-14-9-11-12(10-15(14)24-17)20(29)26(19(11)28)4-3-25-5-7-32(30,31)8-6-25;;;/h2*4-5,9-11H,2-3,6-8H2,1H3,(H,23,28)(H,24,25);1-2,9-10H,3-8H2,(H,22,27)(H,23,24);3*1H/t2*11-;;;;/m10..../s1. The van der Waals surface area contributed by atoms with Gasteiger partial charge in [-0.1, -0.05) is 34.8 Å². The third-order valence-corrected chi connectivity index (χ3v) is 20.4. The van der Waals surface area contributed by atoms with Crippen LogP contribution < -0.4 is 16.7 Å². The molecule has 6 aliphatic rings. The van der Waals surface area contributed by atoms with Gasteiger partial charge >= 0.3 is 0 Å². The molecule has 498 valence electrons. The highest BCUT2D eigenvalue weighted by Crippen LogP contribution is 2.34.